The molecule has 6 nitrogen and oxygen atoms in total. The summed E-state index contributed by atoms with van der Waals surface area (Å²) in [5.41, 5.74) is 0. The monoisotopic (exact) mass is 225 g/mol. The molecule has 0 unspecified atom stereocenters. The van der Waals surface area contributed by atoms with Crippen molar-refractivity contribution >= 4 is 13.7 Å². The lowest BCUT2D eigenvalue weighted by Gasteiger charge is -2.16. The van der Waals surface area contributed by atoms with Crippen molar-refractivity contribution in [2.24, 2.45) is 0 Å². The quantitative estimate of drug-likeness (QED) is 0.694. The van der Waals surface area contributed by atoms with E-state index < -0.39 is 13.7 Å². The highest BCUT2D eigenvalue weighted by Gasteiger charge is 2.24. The van der Waals surface area contributed by atoms with Gasteiger partial charge < -0.3 is 19.1 Å². The number of alkyl carbamates (subject to hydrolysis) is 1. The first-order valence-corrected chi connectivity index (χ1v) is 6.00. The van der Waals surface area contributed by atoms with Gasteiger partial charge in [0.1, 0.15) is 6.29 Å². The minimum atomic E-state index is -3.20. The van der Waals surface area contributed by atoms with Crippen LogP contribution < -0.4 is 5.32 Å². The van der Waals surface area contributed by atoms with Gasteiger partial charge in [-0.05, 0) is 13.8 Å². The van der Waals surface area contributed by atoms with Crippen molar-refractivity contribution in [3.8, 4) is 0 Å². The van der Waals surface area contributed by atoms with E-state index in [0.717, 1.165) is 0 Å². The summed E-state index contributed by atoms with van der Waals surface area (Å²) < 4.78 is 25.9. The van der Waals surface area contributed by atoms with Gasteiger partial charge in [0.15, 0.2) is 0 Å². The van der Waals surface area contributed by atoms with E-state index in [-0.39, 0.29) is 19.5 Å². The fourth-order valence-corrected chi connectivity index (χ4v) is 2.12. The molecule has 0 atom stereocenters. The number of nitrogens with one attached hydrogen (secondary N) is 1. The van der Waals surface area contributed by atoms with Gasteiger partial charge in [-0.15, -0.1) is 0 Å². The predicted octanol–water partition coefficient (Wildman–Crippen LogP) is 1.57. The second-order valence-corrected chi connectivity index (χ2v) is 4.33. The maximum absolute atomic E-state index is 11.7. The fraction of sp³-hybridized carbons (Fsp3) is 0.857. The van der Waals surface area contributed by atoms with Crippen LogP contribution in [0.2, 0.25) is 0 Å². The fourth-order valence-electron chi connectivity index (χ4n) is 0.755. The summed E-state index contributed by atoms with van der Waals surface area (Å²) in [7, 11) is -1.97. The molecule has 0 aliphatic rings. The minimum Gasteiger partial charge on any atom is -0.453 e. The highest BCUT2D eigenvalue weighted by molar-refractivity contribution is 7.53. The molecule has 0 spiro atoms. The molecule has 7 heteroatoms. The lowest BCUT2D eigenvalue weighted by molar-refractivity contribution is 0.169. The SMILES string of the molecule is CCOP(=O)(CNC(=O)OC)OCC. The molecule has 0 fully saturated rings. The summed E-state index contributed by atoms with van der Waals surface area (Å²) in [5, 5.41) is 2.27. The smallest absolute Gasteiger partial charge is 0.407 e. The summed E-state index contributed by atoms with van der Waals surface area (Å²) >= 11 is 0. The summed E-state index contributed by atoms with van der Waals surface area (Å²) in [6, 6.07) is 0. The predicted molar refractivity (Wildman–Crippen MR) is 51.3 cm³/mol. The van der Waals surface area contributed by atoms with Gasteiger partial charge in [-0.3, -0.25) is 4.57 Å². The van der Waals surface area contributed by atoms with Crippen LogP contribution in [0.3, 0.4) is 0 Å². The van der Waals surface area contributed by atoms with E-state index in [1.165, 1.54) is 7.11 Å². The summed E-state index contributed by atoms with van der Waals surface area (Å²) in [5.74, 6) is 0. The van der Waals surface area contributed by atoms with Crippen molar-refractivity contribution in [1.82, 2.24) is 5.32 Å². The van der Waals surface area contributed by atoms with Crippen LogP contribution in [0.1, 0.15) is 13.8 Å². The molecule has 0 saturated carbocycles. The van der Waals surface area contributed by atoms with E-state index in [0.29, 0.717) is 0 Å². The zero-order chi connectivity index (χ0) is 11.0. The first-order chi connectivity index (χ1) is 6.58. The van der Waals surface area contributed by atoms with E-state index in [4.69, 9.17) is 9.05 Å². The Balaban J connectivity index is 4.08. The molecular formula is C7H16NO5P. The Bertz CT molecular complexity index is 210. The van der Waals surface area contributed by atoms with Crippen LogP contribution in [0.25, 0.3) is 0 Å². The molecule has 0 heterocycles. The van der Waals surface area contributed by atoms with E-state index in [9.17, 15) is 9.36 Å². The lowest BCUT2D eigenvalue weighted by Crippen LogP contribution is -2.25. The minimum absolute atomic E-state index is 0.179. The van der Waals surface area contributed by atoms with Crippen LogP contribution in [-0.2, 0) is 18.3 Å². The Morgan fingerprint density at radius 1 is 1.29 bits per heavy atom. The molecule has 0 rings (SSSR count). The van der Waals surface area contributed by atoms with Gasteiger partial charge in [-0.25, -0.2) is 4.79 Å². The second kappa shape index (κ2) is 6.81. The van der Waals surface area contributed by atoms with E-state index in [2.05, 4.69) is 10.1 Å². The number of rotatable bonds is 6. The Labute approximate surface area is 83.4 Å². The number of hydrogen-bond acceptors (Lipinski definition) is 5. The molecular weight excluding hydrogens is 209 g/mol. The van der Waals surface area contributed by atoms with Crippen LogP contribution in [-0.4, -0.2) is 32.7 Å². The largest absolute Gasteiger partial charge is 0.453 e. The van der Waals surface area contributed by atoms with Crippen LogP contribution in [0, 0.1) is 0 Å². The normalized spacial score (nSPS) is 11.1. The third-order valence-corrected chi connectivity index (χ3v) is 3.10. The Morgan fingerprint density at radius 2 is 1.79 bits per heavy atom. The number of methoxy groups -OCH3 is 1. The standard InChI is InChI=1S/C7H16NO5P/c1-4-12-14(10,13-5-2)6-8-7(9)11-3/h4-6H2,1-3H3,(H,8,9). The van der Waals surface area contributed by atoms with E-state index in [1.54, 1.807) is 13.8 Å². The molecule has 84 valence electrons. The molecule has 0 aromatic rings. The molecule has 0 aliphatic heterocycles. The maximum atomic E-state index is 11.7. The average Bonchev–Trinajstić information content (AvgIpc) is 2.15. The number of ether oxygens (including phenoxy) is 1. The summed E-state index contributed by atoms with van der Waals surface area (Å²) in [6.45, 7) is 3.92. The van der Waals surface area contributed by atoms with Gasteiger partial charge in [0.25, 0.3) is 0 Å². The van der Waals surface area contributed by atoms with Gasteiger partial charge in [-0.1, -0.05) is 0 Å². The summed E-state index contributed by atoms with van der Waals surface area (Å²) in [4.78, 5) is 10.7. The van der Waals surface area contributed by atoms with Crippen molar-refractivity contribution in [2.75, 3.05) is 26.6 Å². The molecule has 0 radical (unpaired) electrons. The Hall–Kier alpha value is -0.580. The lowest BCUT2D eigenvalue weighted by atomic mass is 10.9. The Morgan fingerprint density at radius 3 is 2.14 bits per heavy atom. The molecule has 14 heavy (non-hydrogen) atoms. The molecule has 0 aliphatic carbocycles. The van der Waals surface area contributed by atoms with Crippen molar-refractivity contribution in [3.05, 3.63) is 0 Å². The summed E-state index contributed by atoms with van der Waals surface area (Å²) in [6.07, 6.45) is -0.842. The molecule has 0 aromatic carbocycles. The van der Waals surface area contributed by atoms with E-state index in [1.807, 2.05) is 0 Å². The van der Waals surface area contributed by atoms with Crippen LogP contribution in [0.15, 0.2) is 0 Å². The third-order valence-electron chi connectivity index (χ3n) is 1.25. The van der Waals surface area contributed by atoms with Crippen molar-refractivity contribution < 1.29 is 23.1 Å². The molecule has 0 bridgehead atoms. The molecule has 1 amide bonds. The van der Waals surface area contributed by atoms with Gasteiger partial charge in [0, 0.05) is 0 Å². The van der Waals surface area contributed by atoms with E-state index >= 15 is 0 Å². The van der Waals surface area contributed by atoms with Crippen LogP contribution in [0.4, 0.5) is 4.79 Å². The number of carbonyl (C=O) groups is 1. The zero-order valence-corrected chi connectivity index (χ0v) is 9.50. The highest BCUT2D eigenvalue weighted by Crippen LogP contribution is 2.46. The second-order valence-electron chi connectivity index (χ2n) is 2.27. The van der Waals surface area contributed by atoms with Crippen molar-refractivity contribution in [1.29, 1.82) is 0 Å². The average molecular weight is 225 g/mol. The molecule has 0 aromatic heterocycles. The highest BCUT2D eigenvalue weighted by atomic mass is 31.2. The topological polar surface area (TPSA) is 73.9 Å². The molecule has 1 N–H and O–H groups in total. The third kappa shape index (κ3) is 5.21. The number of carbonyl (C=O) groups excluding carboxylic acids is 1. The first-order valence-electron chi connectivity index (χ1n) is 4.28. The van der Waals surface area contributed by atoms with Crippen LogP contribution >= 0.6 is 7.60 Å². The first kappa shape index (κ1) is 13.4. The van der Waals surface area contributed by atoms with Gasteiger partial charge in [0.2, 0.25) is 0 Å². The zero-order valence-electron chi connectivity index (χ0n) is 8.61. The number of amides is 1. The van der Waals surface area contributed by atoms with Crippen LogP contribution in [0.5, 0.6) is 0 Å². The number of hydrogen-bond donors (Lipinski definition) is 1. The van der Waals surface area contributed by atoms with Gasteiger partial charge >= 0.3 is 13.7 Å². The Kier molecular flexibility index (Phi) is 6.53. The van der Waals surface area contributed by atoms with Crippen molar-refractivity contribution in [3.63, 3.8) is 0 Å². The molecule has 0 saturated heterocycles. The van der Waals surface area contributed by atoms with Gasteiger partial charge in [-0.2, -0.15) is 0 Å². The van der Waals surface area contributed by atoms with Gasteiger partial charge in [0.05, 0.1) is 20.3 Å². The maximum Gasteiger partial charge on any atom is 0.407 e. The van der Waals surface area contributed by atoms with Crippen molar-refractivity contribution in [2.45, 2.75) is 13.8 Å².